The molecule has 0 unspecified atom stereocenters. The molecule has 18 heavy (non-hydrogen) atoms. The van der Waals surface area contributed by atoms with E-state index in [2.05, 4.69) is 16.4 Å². The molecule has 0 atom stereocenters. The molecular formula is C12H8N3O2S-. The zero-order valence-corrected chi connectivity index (χ0v) is 10.0. The van der Waals surface area contributed by atoms with Gasteiger partial charge in [0.2, 0.25) is 0 Å². The summed E-state index contributed by atoms with van der Waals surface area (Å²) in [6, 6.07) is 9.10. The largest absolute Gasteiger partial charge is 0.550 e. The monoisotopic (exact) mass is 258 g/mol. The summed E-state index contributed by atoms with van der Waals surface area (Å²) in [4.78, 5) is 14.5. The molecule has 0 bridgehead atoms. The predicted octanol–water partition coefficient (Wildman–Crippen LogP) is 1.05. The molecule has 2 aromatic rings. The minimum atomic E-state index is -1.16. The number of para-hydroxylation sites is 1. The summed E-state index contributed by atoms with van der Waals surface area (Å²) in [5, 5.41) is 24.5. The number of nitrogens with zero attached hydrogens (tertiary/aromatic N) is 2. The second-order valence-corrected chi connectivity index (χ2v) is 4.33. The lowest BCUT2D eigenvalue weighted by Crippen LogP contribution is -2.24. The van der Waals surface area contributed by atoms with Gasteiger partial charge in [-0.1, -0.05) is 12.1 Å². The van der Waals surface area contributed by atoms with Crippen LogP contribution in [0.15, 0.2) is 29.6 Å². The molecule has 0 fully saturated rings. The van der Waals surface area contributed by atoms with Crippen molar-refractivity contribution in [3.63, 3.8) is 0 Å². The molecular weight excluding hydrogens is 250 g/mol. The van der Waals surface area contributed by atoms with Crippen LogP contribution in [0.1, 0.15) is 11.3 Å². The summed E-state index contributed by atoms with van der Waals surface area (Å²) >= 11 is 1.28. The van der Waals surface area contributed by atoms with Crippen LogP contribution in [-0.4, -0.2) is 11.0 Å². The fraction of sp³-hybridized carbons (Fsp3) is 0.0833. The highest BCUT2D eigenvalue weighted by atomic mass is 32.1. The Bertz CT molecular complexity index is 616. The third kappa shape index (κ3) is 2.84. The number of carboxylic acids is 1. The molecule has 2 rings (SSSR count). The molecule has 1 aromatic heterocycles. The van der Waals surface area contributed by atoms with Gasteiger partial charge in [0.1, 0.15) is 6.07 Å². The standard InChI is InChI=1S/C12H9N3O2S/c13-6-8-3-1-2-4-10(8)15-12-14-9(7-18-12)5-11(16)17/h1-4,7H,5H2,(H,14,15)(H,16,17)/p-1. The van der Waals surface area contributed by atoms with Crippen molar-refractivity contribution in [2.45, 2.75) is 6.42 Å². The Morgan fingerprint density at radius 3 is 3.00 bits per heavy atom. The third-order valence-electron chi connectivity index (χ3n) is 2.17. The van der Waals surface area contributed by atoms with Gasteiger partial charge in [-0.05, 0) is 12.1 Å². The van der Waals surface area contributed by atoms with Crippen molar-refractivity contribution < 1.29 is 9.90 Å². The molecule has 0 saturated heterocycles. The molecule has 0 saturated carbocycles. The molecule has 1 aromatic carbocycles. The van der Waals surface area contributed by atoms with Gasteiger partial charge < -0.3 is 15.2 Å². The summed E-state index contributed by atoms with van der Waals surface area (Å²) in [5.74, 6) is -1.16. The fourth-order valence-electron chi connectivity index (χ4n) is 1.40. The number of nitriles is 1. The first-order valence-electron chi connectivity index (χ1n) is 5.09. The van der Waals surface area contributed by atoms with Crippen LogP contribution in [0.2, 0.25) is 0 Å². The van der Waals surface area contributed by atoms with Crippen molar-refractivity contribution in [3.8, 4) is 6.07 Å². The second-order valence-electron chi connectivity index (χ2n) is 3.48. The molecule has 1 heterocycles. The summed E-state index contributed by atoms with van der Waals surface area (Å²) in [6.07, 6.45) is -0.210. The average molecular weight is 258 g/mol. The Balaban J connectivity index is 2.17. The van der Waals surface area contributed by atoms with Gasteiger partial charge in [0, 0.05) is 17.8 Å². The van der Waals surface area contributed by atoms with Crippen molar-refractivity contribution in [2.75, 3.05) is 5.32 Å². The van der Waals surface area contributed by atoms with E-state index in [1.807, 2.05) is 0 Å². The highest BCUT2D eigenvalue weighted by Gasteiger charge is 2.05. The predicted molar refractivity (Wildman–Crippen MR) is 65.3 cm³/mol. The molecule has 5 nitrogen and oxygen atoms in total. The Kier molecular flexibility index (Phi) is 3.55. The zero-order chi connectivity index (χ0) is 13.0. The molecule has 0 radical (unpaired) electrons. The van der Waals surface area contributed by atoms with Crippen molar-refractivity contribution in [2.24, 2.45) is 0 Å². The van der Waals surface area contributed by atoms with Gasteiger partial charge in [-0.15, -0.1) is 11.3 Å². The highest BCUT2D eigenvalue weighted by Crippen LogP contribution is 2.23. The van der Waals surface area contributed by atoms with E-state index < -0.39 is 5.97 Å². The Morgan fingerprint density at radius 2 is 2.28 bits per heavy atom. The lowest BCUT2D eigenvalue weighted by molar-refractivity contribution is -0.304. The molecule has 0 aliphatic rings. The van der Waals surface area contributed by atoms with Crippen LogP contribution in [0.5, 0.6) is 0 Å². The summed E-state index contributed by atoms with van der Waals surface area (Å²) in [5.41, 5.74) is 1.60. The van der Waals surface area contributed by atoms with Crippen molar-refractivity contribution in [1.82, 2.24) is 4.98 Å². The molecule has 0 aliphatic carbocycles. The van der Waals surface area contributed by atoms with E-state index in [0.29, 0.717) is 22.1 Å². The molecule has 1 N–H and O–H groups in total. The van der Waals surface area contributed by atoms with Crippen molar-refractivity contribution >= 4 is 28.1 Å². The minimum absolute atomic E-state index is 0.210. The number of nitrogens with one attached hydrogen (secondary N) is 1. The van der Waals surface area contributed by atoms with Gasteiger partial charge in [-0.3, -0.25) is 0 Å². The number of hydrogen-bond donors (Lipinski definition) is 1. The molecule has 0 amide bonds. The molecule has 0 aliphatic heterocycles. The van der Waals surface area contributed by atoms with E-state index in [1.54, 1.807) is 29.6 Å². The number of thiazole rings is 1. The van der Waals surface area contributed by atoms with E-state index in [9.17, 15) is 9.90 Å². The molecule has 6 heteroatoms. The van der Waals surface area contributed by atoms with E-state index in [-0.39, 0.29) is 6.42 Å². The van der Waals surface area contributed by atoms with Gasteiger partial charge >= 0.3 is 0 Å². The van der Waals surface area contributed by atoms with Gasteiger partial charge in [0.05, 0.1) is 16.9 Å². The van der Waals surface area contributed by atoms with Crippen LogP contribution in [0.4, 0.5) is 10.8 Å². The minimum Gasteiger partial charge on any atom is -0.550 e. The van der Waals surface area contributed by atoms with Gasteiger partial charge in [0.25, 0.3) is 0 Å². The van der Waals surface area contributed by atoms with Crippen LogP contribution in [-0.2, 0) is 11.2 Å². The van der Waals surface area contributed by atoms with E-state index in [4.69, 9.17) is 5.26 Å². The average Bonchev–Trinajstić information content (AvgIpc) is 2.76. The van der Waals surface area contributed by atoms with Crippen LogP contribution >= 0.6 is 11.3 Å². The van der Waals surface area contributed by atoms with Crippen LogP contribution in [0, 0.1) is 11.3 Å². The van der Waals surface area contributed by atoms with E-state index in [0.717, 1.165) is 0 Å². The number of carbonyl (C=O) groups excluding carboxylic acids is 1. The van der Waals surface area contributed by atoms with Crippen LogP contribution < -0.4 is 10.4 Å². The number of aliphatic carboxylic acids is 1. The quantitative estimate of drug-likeness (QED) is 0.885. The summed E-state index contributed by atoms with van der Waals surface area (Å²) < 4.78 is 0. The third-order valence-corrected chi connectivity index (χ3v) is 2.97. The maximum absolute atomic E-state index is 10.4. The number of carboxylic acid groups (broad SMARTS) is 1. The lowest BCUT2D eigenvalue weighted by Gasteiger charge is -2.03. The lowest BCUT2D eigenvalue weighted by atomic mass is 10.2. The maximum atomic E-state index is 10.4. The summed E-state index contributed by atoms with van der Waals surface area (Å²) in [7, 11) is 0. The SMILES string of the molecule is N#Cc1ccccc1Nc1nc(CC(=O)[O-])cs1. The Morgan fingerprint density at radius 1 is 1.50 bits per heavy atom. The Labute approximate surface area is 107 Å². The first-order chi connectivity index (χ1) is 8.69. The van der Waals surface area contributed by atoms with Gasteiger partial charge in [-0.25, -0.2) is 4.98 Å². The zero-order valence-electron chi connectivity index (χ0n) is 9.21. The number of hydrogen-bond acceptors (Lipinski definition) is 6. The smallest absolute Gasteiger partial charge is 0.187 e. The topological polar surface area (TPSA) is 88.8 Å². The Hall–Kier alpha value is -2.39. The molecule has 0 spiro atoms. The fourth-order valence-corrected chi connectivity index (χ4v) is 2.12. The number of carbonyl (C=O) groups is 1. The van der Waals surface area contributed by atoms with Gasteiger partial charge in [0.15, 0.2) is 5.13 Å². The van der Waals surface area contributed by atoms with Crippen molar-refractivity contribution in [1.29, 1.82) is 5.26 Å². The maximum Gasteiger partial charge on any atom is 0.187 e. The first-order valence-corrected chi connectivity index (χ1v) is 5.97. The summed E-state index contributed by atoms with van der Waals surface area (Å²) in [6.45, 7) is 0. The highest BCUT2D eigenvalue weighted by molar-refractivity contribution is 7.13. The first kappa shape index (κ1) is 12.1. The number of aromatic nitrogens is 1. The van der Waals surface area contributed by atoms with Crippen LogP contribution in [0.25, 0.3) is 0 Å². The number of anilines is 2. The van der Waals surface area contributed by atoms with Gasteiger partial charge in [-0.2, -0.15) is 5.26 Å². The van der Waals surface area contributed by atoms with E-state index >= 15 is 0 Å². The molecule has 90 valence electrons. The number of benzene rings is 1. The number of rotatable bonds is 4. The van der Waals surface area contributed by atoms with E-state index in [1.165, 1.54) is 11.3 Å². The van der Waals surface area contributed by atoms with Crippen molar-refractivity contribution in [3.05, 3.63) is 40.9 Å². The normalized spacial score (nSPS) is 9.72. The second kappa shape index (κ2) is 5.29. The van der Waals surface area contributed by atoms with Crippen LogP contribution in [0.3, 0.4) is 0 Å².